The van der Waals surface area contributed by atoms with Gasteiger partial charge < -0.3 is 0 Å². The molecule has 142 valence electrons. The summed E-state index contributed by atoms with van der Waals surface area (Å²) >= 11 is 0. The smallest absolute Gasteiger partial charge is 0.223 e. The number of fused-ring (bicyclic) bond motifs is 1. The second kappa shape index (κ2) is 7.08. The average molecular weight is 406 g/mol. The van der Waals surface area contributed by atoms with E-state index in [0.717, 1.165) is 6.07 Å². The van der Waals surface area contributed by atoms with Crippen molar-refractivity contribution in [2.24, 2.45) is 0 Å². The Kier molecular flexibility index (Phi) is 4.57. The molecule has 0 bridgehead atoms. The molecule has 1 heterocycles. The minimum absolute atomic E-state index is 0.132. The largest absolute Gasteiger partial charge is 0.233 e. The summed E-state index contributed by atoms with van der Waals surface area (Å²) in [5, 5.41) is 8.91. The van der Waals surface area contributed by atoms with Crippen molar-refractivity contribution in [3.63, 3.8) is 0 Å². The third kappa shape index (κ3) is 3.24. The van der Waals surface area contributed by atoms with Crippen LogP contribution in [0.25, 0.3) is 22.0 Å². The van der Waals surface area contributed by atoms with Gasteiger partial charge in [-0.1, -0.05) is 36.4 Å². The lowest BCUT2D eigenvalue weighted by atomic mass is 10.0. The van der Waals surface area contributed by atoms with Crippen LogP contribution in [0.5, 0.6) is 0 Å². The van der Waals surface area contributed by atoms with E-state index in [-0.39, 0.29) is 27.1 Å². The average Bonchev–Trinajstić information content (AvgIpc) is 2.74. The maximum absolute atomic E-state index is 14.5. The molecule has 0 fully saturated rings. The van der Waals surface area contributed by atoms with Gasteiger partial charge in [-0.05, 0) is 42.0 Å². The molecular weight excluding hydrogens is 394 g/mol. The zero-order chi connectivity index (χ0) is 20.6. The quantitative estimate of drug-likeness (QED) is 0.486. The van der Waals surface area contributed by atoms with E-state index in [2.05, 4.69) is 4.98 Å². The summed E-state index contributed by atoms with van der Waals surface area (Å²) in [6.07, 6.45) is 0. The molecule has 0 saturated heterocycles. The predicted octanol–water partition coefficient (Wildman–Crippen LogP) is 4.88. The fourth-order valence-electron chi connectivity index (χ4n) is 3.08. The lowest BCUT2D eigenvalue weighted by Crippen LogP contribution is -2.06. The van der Waals surface area contributed by atoms with Crippen molar-refractivity contribution < 1.29 is 17.2 Å². The van der Waals surface area contributed by atoms with Crippen molar-refractivity contribution in [3.8, 4) is 17.2 Å². The third-order valence-corrected chi connectivity index (χ3v) is 6.11. The Balaban J connectivity index is 2.05. The van der Waals surface area contributed by atoms with Crippen LogP contribution < -0.4 is 0 Å². The van der Waals surface area contributed by atoms with Crippen LogP contribution in [0.2, 0.25) is 0 Å². The fraction of sp³-hybridized carbons (Fsp3) is 0. The molecule has 0 N–H and O–H groups in total. The molecule has 0 aliphatic heterocycles. The van der Waals surface area contributed by atoms with Crippen LogP contribution in [0.3, 0.4) is 0 Å². The Hall–Kier alpha value is -3.63. The van der Waals surface area contributed by atoms with Crippen molar-refractivity contribution >= 4 is 20.7 Å². The molecule has 1 aromatic heterocycles. The van der Waals surface area contributed by atoms with Crippen LogP contribution in [0.4, 0.5) is 8.78 Å². The topological polar surface area (TPSA) is 70.8 Å². The number of para-hydroxylation sites is 1. The highest BCUT2D eigenvalue weighted by molar-refractivity contribution is 7.91. The minimum atomic E-state index is -4.17. The van der Waals surface area contributed by atoms with E-state index in [1.807, 2.05) is 6.07 Å². The first kappa shape index (κ1) is 18.7. The number of pyridine rings is 1. The first-order chi connectivity index (χ1) is 13.9. The Morgan fingerprint density at radius 3 is 2.31 bits per heavy atom. The second-order valence-electron chi connectivity index (χ2n) is 6.27. The fourth-order valence-corrected chi connectivity index (χ4v) is 4.35. The summed E-state index contributed by atoms with van der Waals surface area (Å²) in [5.41, 5.74) is 0.325. The summed E-state index contributed by atoms with van der Waals surface area (Å²) in [5.74, 6) is -1.29. The standard InChI is InChI=1S/C22H12F2N2O2S/c23-19-9-2-1-7-16(19)18-12-21(26-22-17(18)8-4-10-20(22)24)29(27,28)15-6-3-5-14(11-15)13-25/h1-12H. The van der Waals surface area contributed by atoms with Gasteiger partial charge in [-0.25, -0.2) is 22.2 Å². The predicted molar refractivity (Wildman–Crippen MR) is 104 cm³/mol. The highest BCUT2D eigenvalue weighted by Gasteiger charge is 2.23. The van der Waals surface area contributed by atoms with Crippen LogP contribution in [-0.2, 0) is 9.84 Å². The summed E-state index contributed by atoms with van der Waals surface area (Å²) in [7, 11) is -4.17. The third-order valence-electron chi connectivity index (χ3n) is 4.48. The van der Waals surface area contributed by atoms with Gasteiger partial charge >= 0.3 is 0 Å². The molecule has 0 radical (unpaired) electrons. The van der Waals surface area contributed by atoms with Gasteiger partial charge in [0, 0.05) is 10.9 Å². The molecule has 29 heavy (non-hydrogen) atoms. The summed E-state index contributed by atoms with van der Waals surface area (Å²) in [6.45, 7) is 0. The maximum Gasteiger partial charge on any atom is 0.223 e. The molecule has 0 aliphatic rings. The number of hydrogen-bond donors (Lipinski definition) is 0. The molecular formula is C22H12F2N2O2S. The normalized spacial score (nSPS) is 11.3. The summed E-state index contributed by atoms with van der Waals surface area (Å²) < 4.78 is 55.2. The van der Waals surface area contributed by atoms with Gasteiger partial charge in [0.1, 0.15) is 17.2 Å². The minimum Gasteiger partial charge on any atom is -0.233 e. The van der Waals surface area contributed by atoms with Crippen LogP contribution >= 0.6 is 0 Å². The van der Waals surface area contributed by atoms with E-state index in [1.165, 1.54) is 54.6 Å². The van der Waals surface area contributed by atoms with Gasteiger partial charge in [-0.2, -0.15) is 5.26 Å². The Labute approximate surface area is 165 Å². The van der Waals surface area contributed by atoms with Gasteiger partial charge in [-0.15, -0.1) is 0 Å². The molecule has 0 spiro atoms. The maximum atomic E-state index is 14.5. The van der Waals surface area contributed by atoms with E-state index in [1.54, 1.807) is 12.1 Å². The number of aromatic nitrogens is 1. The van der Waals surface area contributed by atoms with Crippen molar-refractivity contribution in [2.75, 3.05) is 0 Å². The van der Waals surface area contributed by atoms with Crippen LogP contribution in [-0.4, -0.2) is 13.4 Å². The number of halogens is 2. The van der Waals surface area contributed by atoms with Crippen molar-refractivity contribution in [1.82, 2.24) is 4.98 Å². The molecule has 0 saturated carbocycles. The van der Waals surface area contributed by atoms with Gasteiger partial charge in [0.15, 0.2) is 5.03 Å². The zero-order valence-corrected chi connectivity index (χ0v) is 15.6. The molecule has 0 atom stereocenters. The summed E-state index contributed by atoms with van der Waals surface area (Å²) in [6, 6.07) is 18.6. The van der Waals surface area contributed by atoms with Crippen molar-refractivity contribution in [2.45, 2.75) is 9.92 Å². The first-order valence-electron chi connectivity index (χ1n) is 8.51. The van der Waals surface area contributed by atoms with E-state index in [9.17, 15) is 17.2 Å². The molecule has 4 rings (SSSR count). The number of nitriles is 1. The van der Waals surface area contributed by atoms with Crippen LogP contribution in [0.1, 0.15) is 5.56 Å². The molecule has 0 amide bonds. The van der Waals surface area contributed by atoms with E-state index >= 15 is 0 Å². The molecule has 4 nitrogen and oxygen atoms in total. The van der Waals surface area contributed by atoms with E-state index < -0.39 is 26.5 Å². The Bertz CT molecular complexity index is 1410. The number of nitrogens with zero attached hydrogens (tertiary/aromatic N) is 2. The second-order valence-corrected chi connectivity index (χ2v) is 8.16. The first-order valence-corrected chi connectivity index (χ1v) is 9.99. The monoisotopic (exact) mass is 406 g/mol. The van der Waals surface area contributed by atoms with Gasteiger partial charge in [-0.3, -0.25) is 0 Å². The van der Waals surface area contributed by atoms with Crippen LogP contribution in [0, 0.1) is 23.0 Å². The van der Waals surface area contributed by atoms with Gasteiger partial charge in [0.25, 0.3) is 0 Å². The van der Waals surface area contributed by atoms with Crippen LogP contribution in [0.15, 0.2) is 82.7 Å². The summed E-state index contributed by atoms with van der Waals surface area (Å²) in [4.78, 5) is 3.87. The lowest BCUT2D eigenvalue weighted by Gasteiger charge is -2.12. The number of benzene rings is 3. The SMILES string of the molecule is N#Cc1cccc(S(=O)(=O)c2cc(-c3ccccc3F)c3cccc(F)c3n2)c1. The highest BCUT2D eigenvalue weighted by atomic mass is 32.2. The highest BCUT2D eigenvalue weighted by Crippen LogP contribution is 2.34. The van der Waals surface area contributed by atoms with Gasteiger partial charge in [0.2, 0.25) is 9.84 Å². The number of rotatable bonds is 3. The molecule has 7 heteroatoms. The zero-order valence-electron chi connectivity index (χ0n) is 14.8. The Morgan fingerprint density at radius 1 is 0.828 bits per heavy atom. The lowest BCUT2D eigenvalue weighted by molar-refractivity contribution is 0.592. The molecule has 0 aliphatic carbocycles. The number of sulfone groups is 1. The van der Waals surface area contributed by atoms with E-state index in [0.29, 0.717) is 5.39 Å². The molecule has 3 aromatic carbocycles. The number of hydrogen-bond acceptors (Lipinski definition) is 4. The molecule has 0 unspecified atom stereocenters. The van der Waals surface area contributed by atoms with E-state index in [4.69, 9.17) is 5.26 Å². The Morgan fingerprint density at radius 2 is 1.55 bits per heavy atom. The van der Waals surface area contributed by atoms with Gasteiger partial charge in [0.05, 0.1) is 16.5 Å². The molecule has 4 aromatic rings. The van der Waals surface area contributed by atoms with Crippen molar-refractivity contribution in [1.29, 1.82) is 5.26 Å². The van der Waals surface area contributed by atoms with Crippen molar-refractivity contribution in [3.05, 3.63) is 90.0 Å².